The second-order valence-corrected chi connectivity index (χ2v) is 7.48. The highest BCUT2D eigenvalue weighted by atomic mass is 32.2. The summed E-state index contributed by atoms with van der Waals surface area (Å²) < 4.78 is 12.4. The molecule has 3 unspecified atom stereocenters. The highest BCUT2D eigenvalue weighted by Crippen LogP contribution is 2.29. The topological polar surface area (TPSA) is 29.1 Å². The van der Waals surface area contributed by atoms with Crippen molar-refractivity contribution in [3.8, 4) is 0 Å². The third kappa shape index (κ3) is 4.42. The van der Waals surface area contributed by atoms with Crippen LogP contribution >= 0.6 is 0 Å². The van der Waals surface area contributed by atoms with Gasteiger partial charge in [0.2, 0.25) is 0 Å². The minimum atomic E-state index is -0.838. The molecule has 1 saturated carbocycles. The molecule has 3 heteroatoms. The van der Waals surface area contributed by atoms with Crippen molar-refractivity contribution in [3.05, 3.63) is 29.8 Å². The molecule has 20 heavy (non-hydrogen) atoms. The number of nitrogens with one attached hydrogen (secondary N) is 1. The molecule has 1 fully saturated rings. The molecule has 0 spiro atoms. The minimum absolute atomic E-state index is 0.657. The zero-order valence-electron chi connectivity index (χ0n) is 12.7. The van der Waals surface area contributed by atoms with Gasteiger partial charge in [0.25, 0.3) is 0 Å². The van der Waals surface area contributed by atoms with Crippen LogP contribution in [0.15, 0.2) is 29.2 Å². The Kier molecular flexibility index (Phi) is 6.24. The van der Waals surface area contributed by atoms with Crippen molar-refractivity contribution < 1.29 is 4.21 Å². The lowest BCUT2D eigenvalue weighted by Crippen LogP contribution is -2.33. The predicted molar refractivity (Wildman–Crippen MR) is 86.5 cm³/mol. The van der Waals surface area contributed by atoms with E-state index >= 15 is 0 Å². The Morgan fingerprint density at radius 3 is 2.95 bits per heavy atom. The van der Waals surface area contributed by atoms with Crippen molar-refractivity contribution in [3.63, 3.8) is 0 Å². The molecule has 2 rings (SSSR count). The Hall–Kier alpha value is -0.670. The SMILES string of the molecule is CCCNC1CCCC1CCS(=O)c1cccc(C)c1. The zero-order chi connectivity index (χ0) is 14.4. The summed E-state index contributed by atoms with van der Waals surface area (Å²) in [6.45, 7) is 5.38. The number of aryl methyl sites for hydroxylation is 1. The van der Waals surface area contributed by atoms with Gasteiger partial charge < -0.3 is 5.32 Å². The van der Waals surface area contributed by atoms with Crippen molar-refractivity contribution in [1.82, 2.24) is 5.32 Å². The molecule has 0 aliphatic heterocycles. The van der Waals surface area contributed by atoms with E-state index in [0.717, 1.165) is 29.5 Å². The van der Waals surface area contributed by atoms with E-state index in [0.29, 0.717) is 6.04 Å². The molecule has 0 bridgehead atoms. The van der Waals surface area contributed by atoms with E-state index in [1.54, 1.807) is 0 Å². The molecule has 0 radical (unpaired) electrons. The Morgan fingerprint density at radius 2 is 2.20 bits per heavy atom. The fraction of sp³-hybridized carbons (Fsp3) is 0.647. The van der Waals surface area contributed by atoms with Crippen LogP contribution in [-0.2, 0) is 10.8 Å². The summed E-state index contributed by atoms with van der Waals surface area (Å²) in [6, 6.07) is 8.76. The maximum absolute atomic E-state index is 12.4. The normalized spacial score (nSPS) is 23.9. The molecule has 1 aromatic rings. The first kappa shape index (κ1) is 15.7. The standard InChI is InChI=1S/C17H27NOS/c1-3-11-18-17-9-5-7-15(17)10-12-20(19)16-8-4-6-14(2)13-16/h4,6,8,13,15,17-18H,3,5,7,9-12H2,1-2H3. The quantitative estimate of drug-likeness (QED) is 0.831. The second-order valence-electron chi connectivity index (χ2n) is 5.91. The van der Waals surface area contributed by atoms with Crippen molar-refractivity contribution in [2.24, 2.45) is 5.92 Å². The summed E-state index contributed by atoms with van der Waals surface area (Å²) in [5.41, 5.74) is 1.19. The van der Waals surface area contributed by atoms with Gasteiger partial charge in [0.15, 0.2) is 0 Å². The summed E-state index contributed by atoms with van der Waals surface area (Å²) >= 11 is 0. The molecule has 1 aliphatic rings. The minimum Gasteiger partial charge on any atom is -0.314 e. The molecule has 1 aliphatic carbocycles. The molecule has 112 valence electrons. The largest absolute Gasteiger partial charge is 0.314 e. The molecule has 0 heterocycles. The Labute approximate surface area is 125 Å². The Balaban J connectivity index is 1.83. The van der Waals surface area contributed by atoms with Gasteiger partial charge in [-0.05, 0) is 62.8 Å². The van der Waals surface area contributed by atoms with Crippen LogP contribution < -0.4 is 5.32 Å². The van der Waals surface area contributed by atoms with Crippen LogP contribution in [0.4, 0.5) is 0 Å². The molecular weight excluding hydrogens is 266 g/mol. The van der Waals surface area contributed by atoms with Crippen LogP contribution in [0, 0.1) is 12.8 Å². The Bertz CT molecular complexity index is 446. The van der Waals surface area contributed by atoms with Crippen LogP contribution in [0.3, 0.4) is 0 Å². The van der Waals surface area contributed by atoms with E-state index in [9.17, 15) is 4.21 Å². The summed E-state index contributed by atoms with van der Waals surface area (Å²) in [7, 11) is -0.838. The van der Waals surface area contributed by atoms with Gasteiger partial charge in [0, 0.05) is 16.7 Å². The maximum atomic E-state index is 12.4. The van der Waals surface area contributed by atoms with Gasteiger partial charge in [-0.15, -0.1) is 0 Å². The van der Waals surface area contributed by atoms with Gasteiger partial charge in [-0.3, -0.25) is 4.21 Å². The molecule has 1 aromatic carbocycles. The molecule has 2 nitrogen and oxygen atoms in total. The van der Waals surface area contributed by atoms with Crippen molar-refractivity contribution in [1.29, 1.82) is 0 Å². The van der Waals surface area contributed by atoms with E-state index in [1.807, 2.05) is 12.1 Å². The first-order valence-corrected chi connectivity index (χ1v) is 9.21. The van der Waals surface area contributed by atoms with Crippen molar-refractivity contribution in [2.45, 2.75) is 56.9 Å². The third-order valence-corrected chi connectivity index (χ3v) is 5.63. The second kappa shape index (κ2) is 7.94. The monoisotopic (exact) mass is 293 g/mol. The summed E-state index contributed by atoms with van der Waals surface area (Å²) in [4.78, 5) is 0.987. The highest BCUT2D eigenvalue weighted by molar-refractivity contribution is 7.85. The lowest BCUT2D eigenvalue weighted by Gasteiger charge is -2.20. The number of rotatable bonds is 7. The van der Waals surface area contributed by atoms with E-state index in [2.05, 4.69) is 31.3 Å². The summed E-state index contributed by atoms with van der Waals surface area (Å²) in [5, 5.41) is 3.66. The summed E-state index contributed by atoms with van der Waals surface area (Å²) in [6.07, 6.45) is 6.19. The number of hydrogen-bond acceptors (Lipinski definition) is 2. The molecule has 3 atom stereocenters. The summed E-state index contributed by atoms with van der Waals surface area (Å²) in [5.74, 6) is 1.52. The molecule has 0 saturated heterocycles. The molecular formula is C17H27NOS. The van der Waals surface area contributed by atoms with Crippen LogP contribution in [0.5, 0.6) is 0 Å². The molecule has 1 N–H and O–H groups in total. The molecule has 0 aromatic heterocycles. The van der Waals surface area contributed by atoms with Crippen LogP contribution in [-0.4, -0.2) is 22.5 Å². The van der Waals surface area contributed by atoms with E-state index < -0.39 is 10.8 Å². The van der Waals surface area contributed by atoms with E-state index in [-0.39, 0.29) is 0 Å². The van der Waals surface area contributed by atoms with Gasteiger partial charge in [-0.2, -0.15) is 0 Å². The van der Waals surface area contributed by atoms with Gasteiger partial charge >= 0.3 is 0 Å². The average Bonchev–Trinajstić information content (AvgIpc) is 2.90. The van der Waals surface area contributed by atoms with Gasteiger partial charge in [-0.25, -0.2) is 0 Å². The predicted octanol–water partition coefficient (Wildman–Crippen LogP) is 3.66. The van der Waals surface area contributed by atoms with E-state index in [4.69, 9.17) is 0 Å². The van der Waals surface area contributed by atoms with Gasteiger partial charge in [0.1, 0.15) is 0 Å². The van der Waals surface area contributed by atoms with Crippen LogP contribution in [0.25, 0.3) is 0 Å². The van der Waals surface area contributed by atoms with Gasteiger partial charge in [0.05, 0.1) is 10.8 Å². The first-order valence-electron chi connectivity index (χ1n) is 7.89. The van der Waals surface area contributed by atoms with Crippen LogP contribution in [0.2, 0.25) is 0 Å². The van der Waals surface area contributed by atoms with E-state index in [1.165, 1.54) is 31.2 Å². The fourth-order valence-corrected chi connectivity index (χ4v) is 4.41. The molecule has 0 amide bonds. The average molecular weight is 293 g/mol. The van der Waals surface area contributed by atoms with Crippen molar-refractivity contribution in [2.75, 3.05) is 12.3 Å². The lowest BCUT2D eigenvalue weighted by molar-refractivity contribution is 0.393. The first-order chi connectivity index (χ1) is 9.70. The smallest absolute Gasteiger partial charge is 0.0529 e. The third-order valence-electron chi connectivity index (χ3n) is 4.24. The van der Waals surface area contributed by atoms with Crippen molar-refractivity contribution >= 4 is 10.8 Å². The Morgan fingerprint density at radius 1 is 1.35 bits per heavy atom. The highest BCUT2D eigenvalue weighted by Gasteiger charge is 2.26. The number of hydrogen-bond donors (Lipinski definition) is 1. The lowest BCUT2D eigenvalue weighted by atomic mass is 10.0. The zero-order valence-corrected chi connectivity index (χ0v) is 13.5. The van der Waals surface area contributed by atoms with Crippen LogP contribution in [0.1, 0.15) is 44.6 Å². The fourth-order valence-electron chi connectivity index (χ4n) is 3.11. The number of benzene rings is 1. The maximum Gasteiger partial charge on any atom is 0.0529 e. The van der Waals surface area contributed by atoms with Gasteiger partial charge in [-0.1, -0.05) is 25.5 Å².